The van der Waals surface area contributed by atoms with Crippen LogP contribution in [0.2, 0.25) is 0 Å². The van der Waals surface area contributed by atoms with Gasteiger partial charge < -0.3 is 14.2 Å². The van der Waals surface area contributed by atoms with Gasteiger partial charge in [-0.1, -0.05) is 0 Å². The summed E-state index contributed by atoms with van der Waals surface area (Å²) in [7, 11) is 0. The minimum absolute atomic E-state index is 0.610. The molecular formula is C18H18N6O. The molecule has 1 saturated heterocycles. The van der Waals surface area contributed by atoms with Gasteiger partial charge in [-0.25, -0.2) is 15.0 Å². The van der Waals surface area contributed by atoms with E-state index in [1.807, 2.05) is 30.6 Å². The van der Waals surface area contributed by atoms with Crippen LogP contribution in [0.3, 0.4) is 0 Å². The standard InChI is InChI=1S/C18H18N6O/c1-2-24-16-4-3-13(10-19)9-15(16)22-17(24)14-11-20-18(21-12-14)23-5-7-25-8-6-23/h3-4,9,11-12H,2,5-8H2,1H3. The maximum Gasteiger partial charge on any atom is 0.225 e. The van der Waals surface area contributed by atoms with E-state index in [2.05, 4.69) is 32.4 Å². The fourth-order valence-electron chi connectivity index (χ4n) is 3.10. The Labute approximate surface area is 145 Å². The van der Waals surface area contributed by atoms with Crippen LogP contribution in [0.4, 0.5) is 5.95 Å². The number of aromatic nitrogens is 4. The number of aryl methyl sites for hydroxylation is 1. The molecule has 0 bridgehead atoms. The molecular weight excluding hydrogens is 316 g/mol. The molecule has 0 spiro atoms. The third-order valence-electron chi connectivity index (χ3n) is 4.38. The number of ether oxygens (including phenoxy) is 1. The van der Waals surface area contributed by atoms with Crippen LogP contribution >= 0.6 is 0 Å². The number of imidazole rings is 1. The van der Waals surface area contributed by atoms with E-state index < -0.39 is 0 Å². The van der Waals surface area contributed by atoms with Crippen LogP contribution in [0.15, 0.2) is 30.6 Å². The molecule has 0 atom stereocenters. The van der Waals surface area contributed by atoms with E-state index in [1.54, 1.807) is 0 Å². The summed E-state index contributed by atoms with van der Waals surface area (Å²) in [6.07, 6.45) is 3.63. The summed E-state index contributed by atoms with van der Waals surface area (Å²) in [4.78, 5) is 15.8. The van der Waals surface area contributed by atoms with E-state index in [1.165, 1.54) is 0 Å². The van der Waals surface area contributed by atoms with Crippen LogP contribution in [0, 0.1) is 11.3 Å². The molecule has 7 heteroatoms. The minimum atomic E-state index is 0.610. The predicted octanol–water partition coefficient (Wildman–Crippen LogP) is 2.22. The SMILES string of the molecule is CCn1c(-c2cnc(N3CCOCC3)nc2)nc2cc(C#N)ccc21. The van der Waals surface area contributed by atoms with Crippen LogP contribution < -0.4 is 4.90 Å². The van der Waals surface area contributed by atoms with Crippen molar-refractivity contribution in [3.05, 3.63) is 36.2 Å². The Balaban J connectivity index is 1.72. The van der Waals surface area contributed by atoms with Gasteiger partial charge in [0.1, 0.15) is 5.82 Å². The van der Waals surface area contributed by atoms with Crippen molar-refractivity contribution in [2.45, 2.75) is 13.5 Å². The highest BCUT2D eigenvalue weighted by Gasteiger charge is 2.16. The van der Waals surface area contributed by atoms with Crippen molar-refractivity contribution in [2.75, 3.05) is 31.2 Å². The first-order chi connectivity index (χ1) is 12.3. The van der Waals surface area contributed by atoms with Crippen molar-refractivity contribution in [2.24, 2.45) is 0 Å². The molecule has 0 aliphatic carbocycles. The van der Waals surface area contributed by atoms with Crippen molar-refractivity contribution in [3.8, 4) is 17.5 Å². The number of nitriles is 1. The topological polar surface area (TPSA) is 79.9 Å². The molecule has 0 amide bonds. The van der Waals surface area contributed by atoms with Gasteiger partial charge in [-0.2, -0.15) is 5.26 Å². The normalized spacial score (nSPS) is 14.6. The molecule has 1 aliphatic rings. The molecule has 4 rings (SSSR count). The van der Waals surface area contributed by atoms with Crippen molar-refractivity contribution >= 4 is 17.0 Å². The zero-order valence-electron chi connectivity index (χ0n) is 14.0. The summed E-state index contributed by atoms with van der Waals surface area (Å²) < 4.78 is 7.48. The number of fused-ring (bicyclic) bond motifs is 1. The maximum atomic E-state index is 9.08. The lowest BCUT2D eigenvalue weighted by atomic mass is 10.2. The lowest BCUT2D eigenvalue weighted by Crippen LogP contribution is -2.37. The van der Waals surface area contributed by atoms with E-state index >= 15 is 0 Å². The van der Waals surface area contributed by atoms with Gasteiger partial charge in [-0.3, -0.25) is 0 Å². The zero-order chi connectivity index (χ0) is 17.2. The lowest BCUT2D eigenvalue weighted by Gasteiger charge is -2.26. The summed E-state index contributed by atoms with van der Waals surface area (Å²) in [6.45, 7) is 5.89. The number of hydrogen-bond acceptors (Lipinski definition) is 6. The first-order valence-electron chi connectivity index (χ1n) is 8.35. The molecule has 3 aromatic rings. The molecule has 126 valence electrons. The summed E-state index contributed by atoms with van der Waals surface area (Å²) in [5, 5.41) is 9.08. The Morgan fingerprint density at radius 3 is 2.64 bits per heavy atom. The highest BCUT2D eigenvalue weighted by atomic mass is 16.5. The van der Waals surface area contributed by atoms with Crippen LogP contribution in [0.25, 0.3) is 22.4 Å². The van der Waals surface area contributed by atoms with E-state index in [4.69, 9.17) is 15.0 Å². The van der Waals surface area contributed by atoms with Gasteiger partial charge in [0.15, 0.2) is 0 Å². The third-order valence-corrected chi connectivity index (χ3v) is 4.38. The highest BCUT2D eigenvalue weighted by molar-refractivity contribution is 5.81. The Kier molecular flexibility index (Phi) is 4.04. The molecule has 1 aliphatic heterocycles. The summed E-state index contributed by atoms with van der Waals surface area (Å²) >= 11 is 0. The fourth-order valence-corrected chi connectivity index (χ4v) is 3.10. The molecule has 1 fully saturated rings. The summed E-state index contributed by atoms with van der Waals surface area (Å²) in [5.41, 5.74) is 3.30. The minimum Gasteiger partial charge on any atom is -0.378 e. The van der Waals surface area contributed by atoms with Crippen LogP contribution in [0.5, 0.6) is 0 Å². The Morgan fingerprint density at radius 1 is 1.20 bits per heavy atom. The average Bonchev–Trinajstić information content (AvgIpc) is 3.06. The zero-order valence-corrected chi connectivity index (χ0v) is 14.0. The molecule has 1 aromatic carbocycles. The van der Waals surface area contributed by atoms with Gasteiger partial charge >= 0.3 is 0 Å². The van der Waals surface area contributed by atoms with Gasteiger partial charge in [0.25, 0.3) is 0 Å². The second-order valence-corrected chi connectivity index (χ2v) is 5.87. The monoisotopic (exact) mass is 334 g/mol. The molecule has 0 N–H and O–H groups in total. The van der Waals surface area contributed by atoms with Crippen LogP contribution in [-0.4, -0.2) is 45.8 Å². The predicted molar refractivity (Wildman–Crippen MR) is 94.2 cm³/mol. The van der Waals surface area contributed by atoms with Crippen molar-refractivity contribution < 1.29 is 4.74 Å². The van der Waals surface area contributed by atoms with Crippen molar-refractivity contribution in [1.82, 2.24) is 19.5 Å². The summed E-state index contributed by atoms with van der Waals surface area (Å²) in [5.74, 6) is 1.54. The lowest BCUT2D eigenvalue weighted by molar-refractivity contribution is 0.122. The second kappa shape index (κ2) is 6.49. The van der Waals surface area contributed by atoms with Crippen molar-refractivity contribution in [1.29, 1.82) is 5.26 Å². The molecule has 7 nitrogen and oxygen atoms in total. The number of hydrogen-bond donors (Lipinski definition) is 0. The third kappa shape index (κ3) is 2.81. The van der Waals surface area contributed by atoms with Crippen LogP contribution in [0.1, 0.15) is 12.5 Å². The Hall–Kier alpha value is -2.98. The molecule has 0 saturated carbocycles. The van der Waals surface area contributed by atoms with E-state index in [0.29, 0.717) is 18.8 Å². The molecule has 0 unspecified atom stereocenters. The van der Waals surface area contributed by atoms with Gasteiger partial charge in [-0.05, 0) is 25.1 Å². The Bertz CT molecular complexity index is 935. The number of nitrogens with zero attached hydrogens (tertiary/aromatic N) is 6. The first kappa shape index (κ1) is 15.5. The molecule has 3 heterocycles. The van der Waals surface area contributed by atoms with Crippen molar-refractivity contribution in [3.63, 3.8) is 0 Å². The summed E-state index contributed by atoms with van der Waals surface area (Å²) in [6, 6.07) is 7.73. The molecule has 2 aromatic heterocycles. The van der Waals surface area contributed by atoms with E-state index in [0.717, 1.165) is 48.0 Å². The molecule has 25 heavy (non-hydrogen) atoms. The molecule has 0 radical (unpaired) electrons. The quantitative estimate of drug-likeness (QED) is 0.731. The van der Waals surface area contributed by atoms with Gasteiger partial charge in [0.2, 0.25) is 5.95 Å². The highest BCUT2D eigenvalue weighted by Crippen LogP contribution is 2.25. The Morgan fingerprint density at radius 2 is 1.96 bits per heavy atom. The van der Waals surface area contributed by atoms with E-state index in [9.17, 15) is 0 Å². The number of benzene rings is 1. The van der Waals surface area contributed by atoms with Gasteiger partial charge in [-0.15, -0.1) is 0 Å². The number of morpholine rings is 1. The van der Waals surface area contributed by atoms with Gasteiger partial charge in [0, 0.05) is 32.0 Å². The van der Waals surface area contributed by atoms with Gasteiger partial charge in [0.05, 0.1) is 41.4 Å². The number of anilines is 1. The van der Waals surface area contributed by atoms with Crippen LogP contribution in [-0.2, 0) is 11.3 Å². The fraction of sp³-hybridized carbons (Fsp3) is 0.333. The maximum absolute atomic E-state index is 9.08. The smallest absolute Gasteiger partial charge is 0.225 e. The average molecular weight is 334 g/mol. The largest absolute Gasteiger partial charge is 0.378 e. The second-order valence-electron chi connectivity index (χ2n) is 5.87. The first-order valence-corrected chi connectivity index (χ1v) is 8.35. The number of rotatable bonds is 3. The van der Waals surface area contributed by atoms with E-state index in [-0.39, 0.29) is 0 Å².